The molecule has 0 amide bonds. The fourth-order valence-electron chi connectivity index (χ4n) is 1.75. The molecule has 2 heteroatoms. The molecular weight excluding hydrogens is 191 g/mol. The van der Waals surface area contributed by atoms with Crippen molar-refractivity contribution in [1.29, 1.82) is 0 Å². The summed E-state index contributed by atoms with van der Waals surface area (Å²) in [5.74, 6) is 1.86. The third-order valence-corrected chi connectivity index (χ3v) is 2.66. The Hall–Kier alpha value is -0.940. The molecule has 14 heavy (non-hydrogen) atoms. The monoisotopic (exact) mass is 206 g/mol. The van der Waals surface area contributed by atoms with Gasteiger partial charge < -0.3 is 0 Å². The summed E-state index contributed by atoms with van der Waals surface area (Å²) in [7, 11) is 1.02. The van der Waals surface area contributed by atoms with Gasteiger partial charge in [0.15, 0.2) is 5.78 Å². The molecule has 0 fully saturated rings. The van der Waals surface area contributed by atoms with E-state index < -0.39 is 0 Å². The fourth-order valence-corrected chi connectivity index (χ4v) is 2.11. The van der Waals surface area contributed by atoms with Crippen molar-refractivity contribution in [3.05, 3.63) is 34.4 Å². The van der Waals surface area contributed by atoms with Crippen LogP contribution in [0.2, 0.25) is 0 Å². The summed E-state index contributed by atoms with van der Waals surface area (Å²) >= 11 is 0. The topological polar surface area (TPSA) is 17.1 Å². The van der Waals surface area contributed by atoms with Crippen LogP contribution in [0.4, 0.5) is 0 Å². The van der Waals surface area contributed by atoms with Crippen molar-refractivity contribution in [2.45, 2.75) is 20.8 Å². The van der Waals surface area contributed by atoms with E-state index in [1.54, 1.807) is 5.80 Å². The zero-order valence-electron chi connectivity index (χ0n) is 9.09. The van der Waals surface area contributed by atoms with Gasteiger partial charge in [-0.25, -0.2) is 0 Å². The Bertz CT molecular complexity index is 368. The lowest BCUT2D eigenvalue weighted by molar-refractivity contribution is 0.107. The first kappa shape index (κ1) is 11.1. The molecule has 0 saturated carbocycles. The van der Waals surface area contributed by atoms with Gasteiger partial charge in [-0.2, -0.15) is 0 Å². The predicted octanol–water partition coefficient (Wildman–Crippen LogP) is 3.17. The molecule has 0 aliphatic heterocycles. The van der Waals surface area contributed by atoms with Gasteiger partial charge in [-0.1, -0.05) is 17.7 Å². The van der Waals surface area contributed by atoms with Crippen LogP contribution >= 0.6 is 8.20 Å². The van der Waals surface area contributed by atoms with Crippen LogP contribution in [0.25, 0.3) is 0 Å². The highest BCUT2D eigenvalue weighted by molar-refractivity contribution is 7.40. The molecule has 0 aliphatic rings. The number of aryl methyl sites for hydroxylation is 3. The minimum Gasteiger partial charge on any atom is -0.289 e. The lowest BCUT2D eigenvalue weighted by Crippen LogP contribution is -2.05. The first-order valence-corrected chi connectivity index (χ1v) is 6.01. The van der Waals surface area contributed by atoms with Crippen molar-refractivity contribution >= 4 is 19.8 Å². The summed E-state index contributed by atoms with van der Waals surface area (Å²) in [6.45, 7) is 7.99. The second-order valence-corrected chi connectivity index (χ2v) is 4.30. The minimum absolute atomic E-state index is 0.143. The Labute approximate surface area is 87.0 Å². The third-order valence-electron chi connectivity index (χ3n) is 2.17. The van der Waals surface area contributed by atoms with Crippen molar-refractivity contribution in [2.24, 2.45) is 0 Å². The molecule has 0 heterocycles. The molecule has 0 spiro atoms. The van der Waals surface area contributed by atoms with Crippen molar-refractivity contribution in [1.82, 2.24) is 0 Å². The van der Waals surface area contributed by atoms with Gasteiger partial charge in [-0.15, -0.1) is 8.20 Å². The second kappa shape index (κ2) is 4.52. The van der Waals surface area contributed by atoms with Crippen LogP contribution in [0.5, 0.6) is 0 Å². The molecule has 0 aliphatic carbocycles. The van der Waals surface area contributed by atoms with Crippen LogP contribution in [0.3, 0.4) is 0 Å². The Morgan fingerprint density at radius 3 is 2.14 bits per heavy atom. The molecule has 1 aromatic rings. The highest BCUT2D eigenvalue weighted by Gasteiger charge is 2.09. The van der Waals surface area contributed by atoms with Gasteiger partial charge in [0, 0.05) is 11.4 Å². The average molecular weight is 206 g/mol. The van der Waals surface area contributed by atoms with E-state index in [2.05, 4.69) is 19.1 Å². The van der Waals surface area contributed by atoms with E-state index in [1.165, 1.54) is 5.56 Å². The molecule has 74 valence electrons. The van der Waals surface area contributed by atoms with E-state index in [-0.39, 0.29) is 5.78 Å². The quantitative estimate of drug-likeness (QED) is 0.536. The number of Topliss-reactive ketones (excluding diaryl/α,β-unsaturated/α-hetero) is 1. The Morgan fingerprint density at radius 1 is 1.21 bits per heavy atom. The molecular formula is C12H15OP. The zero-order valence-corrected chi connectivity index (χ0v) is 9.98. The largest absolute Gasteiger partial charge is 0.289 e. The van der Waals surface area contributed by atoms with Crippen LogP contribution < -0.4 is 0 Å². The molecule has 0 unspecified atom stereocenters. The van der Waals surface area contributed by atoms with E-state index in [1.807, 2.05) is 20.5 Å². The maximum absolute atomic E-state index is 11.7. The molecule has 0 bridgehead atoms. The van der Waals surface area contributed by atoms with Crippen LogP contribution in [-0.4, -0.2) is 18.2 Å². The van der Waals surface area contributed by atoms with Gasteiger partial charge in [-0.3, -0.25) is 4.79 Å². The smallest absolute Gasteiger partial charge is 0.190 e. The Kier molecular flexibility index (Phi) is 3.60. The van der Waals surface area contributed by atoms with Crippen molar-refractivity contribution in [2.75, 3.05) is 6.66 Å². The molecule has 0 saturated heterocycles. The molecule has 0 aromatic heterocycles. The van der Waals surface area contributed by atoms with Gasteiger partial charge in [0.25, 0.3) is 0 Å². The molecule has 1 nitrogen and oxygen atoms in total. The zero-order chi connectivity index (χ0) is 10.7. The summed E-state index contributed by atoms with van der Waals surface area (Å²) in [5.41, 5.74) is 4.23. The normalized spacial score (nSPS) is 10.9. The maximum atomic E-state index is 11.7. The molecule has 0 atom stereocenters. The van der Waals surface area contributed by atoms with E-state index >= 15 is 0 Å². The minimum atomic E-state index is 0.143. The maximum Gasteiger partial charge on any atom is 0.190 e. The van der Waals surface area contributed by atoms with E-state index in [4.69, 9.17) is 0 Å². The standard InChI is InChI=1S/C12H15OP/c1-8-5-9(2)12(10(3)6-8)11(13)7-14-4/h5-7H,1-4H3. The van der Waals surface area contributed by atoms with E-state index in [0.29, 0.717) is 0 Å². The van der Waals surface area contributed by atoms with Crippen LogP contribution in [0.1, 0.15) is 27.0 Å². The summed E-state index contributed by atoms with van der Waals surface area (Å²) in [5, 5.41) is 0. The highest BCUT2D eigenvalue weighted by atomic mass is 31.1. The van der Waals surface area contributed by atoms with Gasteiger partial charge in [-0.05, 0) is 38.6 Å². The molecule has 1 rings (SSSR count). The summed E-state index contributed by atoms with van der Waals surface area (Å²) in [4.78, 5) is 11.7. The number of hydrogen-bond acceptors (Lipinski definition) is 1. The predicted molar refractivity (Wildman–Crippen MR) is 63.9 cm³/mol. The van der Waals surface area contributed by atoms with Crippen LogP contribution in [-0.2, 0) is 0 Å². The molecule has 0 radical (unpaired) electrons. The number of carbonyl (C=O) groups is 1. The lowest BCUT2D eigenvalue weighted by atomic mass is 9.97. The van der Waals surface area contributed by atoms with Crippen molar-refractivity contribution in [3.63, 3.8) is 0 Å². The van der Waals surface area contributed by atoms with Crippen molar-refractivity contribution < 1.29 is 4.79 Å². The second-order valence-electron chi connectivity index (χ2n) is 3.53. The van der Waals surface area contributed by atoms with Gasteiger partial charge >= 0.3 is 0 Å². The van der Waals surface area contributed by atoms with Gasteiger partial charge in [0.05, 0.1) is 0 Å². The lowest BCUT2D eigenvalue weighted by Gasteiger charge is -2.07. The fraction of sp³-hybridized carbons (Fsp3) is 0.333. The first-order valence-electron chi connectivity index (χ1n) is 4.60. The average Bonchev–Trinajstić information content (AvgIpc) is 2.01. The summed E-state index contributed by atoms with van der Waals surface area (Å²) < 4.78 is 0. The Morgan fingerprint density at radius 2 is 1.71 bits per heavy atom. The van der Waals surface area contributed by atoms with Crippen LogP contribution in [0.15, 0.2) is 12.1 Å². The number of ketones is 1. The van der Waals surface area contributed by atoms with E-state index in [0.717, 1.165) is 24.9 Å². The molecule has 1 aromatic carbocycles. The van der Waals surface area contributed by atoms with Crippen molar-refractivity contribution in [3.8, 4) is 0 Å². The summed E-state index contributed by atoms with van der Waals surface area (Å²) in [6, 6.07) is 4.11. The van der Waals surface area contributed by atoms with Gasteiger partial charge in [0.2, 0.25) is 0 Å². The molecule has 0 N–H and O–H groups in total. The van der Waals surface area contributed by atoms with Gasteiger partial charge in [0.1, 0.15) is 0 Å². The van der Waals surface area contributed by atoms with E-state index in [9.17, 15) is 4.79 Å². The third kappa shape index (κ3) is 2.30. The number of rotatable bonds is 2. The number of carbonyl (C=O) groups excluding carboxylic acids is 1. The highest BCUT2D eigenvalue weighted by Crippen LogP contribution is 2.16. The first-order chi connectivity index (χ1) is 6.56. The SMILES string of the molecule is CP=CC(=O)c1c(C)cc(C)cc1C. The number of benzene rings is 1. The van der Waals surface area contributed by atoms with Crippen LogP contribution in [0, 0.1) is 20.8 Å². The number of hydrogen-bond donors (Lipinski definition) is 0. The Balaban J connectivity index is 3.27. The summed E-state index contributed by atoms with van der Waals surface area (Å²) in [6.07, 6.45) is 0.